The fourth-order valence-corrected chi connectivity index (χ4v) is 3.32. The minimum absolute atomic E-state index is 0.0191. The summed E-state index contributed by atoms with van der Waals surface area (Å²) in [7, 11) is 0. The lowest BCUT2D eigenvalue weighted by Gasteiger charge is -2.28. The zero-order valence-corrected chi connectivity index (χ0v) is 15.2. The van der Waals surface area contributed by atoms with Crippen LogP contribution in [0.25, 0.3) is 0 Å². The van der Waals surface area contributed by atoms with Crippen molar-refractivity contribution < 1.29 is 9.47 Å². The van der Waals surface area contributed by atoms with Gasteiger partial charge >= 0.3 is 0 Å². The SMILES string of the molecule is Brc1cccc2c1OC(c1ccc(OCc3ccccc3)cc1)CN2. The van der Waals surface area contributed by atoms with Gasteiger partial charge in [0.25, 0.3) is 0 Å². The van der Waals surface area contributed by atoms with E-state index in [0.29, 0.717) is 6.61 Å². The Morgan fingerprint density at radius 1 is 0.960 bits per heavy atom. The van der Waals surface area contributed by atoms with Gasteiger partial charge in [0.05, 0.1) is 16.7 Å². The first kappa shape index (κ1) is 16.0. The van der Waals surface area contributed by atoms with Crippen molar-refractivity contribution in [1.82, 2.24) is 0 Å². The van der Waals surface area contributed by atoms with Crippen LogP contribution in [0.4, 0.5) is 5.69 Å². The number of halogens is 1. The third-order valence-electron chi connectivity index (χ3n) is 4.21. The summed E-state index contributed by atoms with van der Waals surface area (Å²) in [4.78, 5) is 0. The molecule has 0 amide bonds. The number of para-hydroxylation sites is 1. The van der Waals surface area contributed by atoms with E-state index < -0.39 is 0 Å². The highest BCUT2D eigenvalue weighted by Gasteiger charge is 2.22. The molecule has 1 N–H and O–H groups in total. The van der Waals surface area contributed by atoms with Gasteiger partial charge in [-0.1, -0.05) is 48.5 Å². The predicted octanol–water partition coefficient (Wildman–Crippen LogP) is 5.57. The Morgan fingerprint density at radius 3 is 2.56 bits per heavy atom. The van der Waals surface area contributed by atoms with Crippen LogP contribution in [0.5, 0.6) is 11.5 Å². The van der Waals surface area contributed by atoms with Crippen molar-refractivity contribution in [2.24, 2.45) is 0 Å². The summed E-state index contributed by atoms with van der Waals surface area (Å²) >= 11 is 3.55. The lowest BCUT2D eigenvalue weighted by molar-refractivity contribution is 0.209. The molecular weight excluding hydrogens is 378 g/mol. The van der Waals surface area contributed by atoms with Gasteiger partial charge in [-0.15, -0.1) is 0 Å². The molecular formula is C21H18BrNO2. The molecule has 1 aliphatic heterocycles. The summed E-state index contributed by atoms with van der Waals surface area (Å²) in [5.74, 6) is 1.72. The average molecular weight is 396 g/mol. The molecule has 4 rings (SSSR count). The first-order chi connectivity index (χ1) is 12.3. The number of anilines is 1. The molecule has 0 fully saturated rings. The lowest BCUT2D eigenvalue weighted by Crippen LogP contribution is -2.23. The third kappa shape index (κ3) is 3.64. The monoisotopic (exact) mass is 395 g/mol. The smallest absolute Gasteiger partial charge is 0.157 e. The first-order valence-electron chi connectivity index (χ1n) is 8.25. The highest BCUT2D eigenvalue weighted by atomic mass is 79.9. The molecule has 1 aliphatic rings. The number of ether oxygens (including phenoxy) is 2. The van der Waals surface area contributed by atoms with Gasteiger partial charge in [-0.05, 0) is 51.3 Å². The Morgan fingerprint density at radius 2 is 1.76 bits per heavy atom. The van der Waals surface area contributed by atoms with Gasteiger partial charge in [-0.25, -0.2) is 0 Å². The Bertz CT molecular complexity index is 850. The lowest BCUT2D eigenvalue weighted by atomic mass is 10.1. The van der Waals surface area contributed by atoms with Gasteiger partial charge in [0.2, 0.25) is 0 Å². The second-order valence-corrected chi connectivity index (χ2v) is 6.80. The second kappa shape index (κ2) is 7.19. The largest absolute Gasteiger partial charge is 0.489 e. The maximum atomic E-state index is 6.17. The molecule has 0 saturated carbocycles. The Kier molecular flexibility index (Phi) is 4.61. The zero-order chi connectivity index (χ0) is 17.1. The minimum Gasteiger partial charge on any atom is -0.489 e. The van der Waals surface area contributed by atoms with E-state index in [1.807, 2.05) is 48.5 Å². The molecule has 3 nitrogen and oxygen atoms in total. The van der Waals surface area contributed by atoms with Crippen LogP contribution in [0.15, 0.2) is 77.3 Å². The van der Waals surface area contributed by atoms with Gasteiger partial charge in [0, 0.05) is 0 Å². The number of benzene rings is 3. The highest BCUT2D eigenvalue weighted by Crippen LogP contribution is 2.39. The van der Waals surface area contributed by atoms with Gasteiger partial charge in [0.15, 0.2) is 5.75 Å². The van der Waals surface area contributed by atoms with Crippen LogP contribution in [0.2, 0.25) is 0 Å². The van der Waals surface area contributed by atoms with Crippen LogP contribution >= 0.6 is 15.9 Å². The van der Waals surface area contributed by atoms with Gasteiger partial charge in [-0.2, -0.15) is 0 Å². The molecule has 0 spiro atoms. The van der Waals surface area contributed by atoms with Crippen LogP contribution in [-0.4, -0.2) is 6.54 Å². The van der Waals surface area contributed by atoms with Crippen LogP contribution in [0.3, 0.4) is 0 Å². The van der Waals surface area contributed by atoms with Gasteiger partial charge in [-0.3, -0.25) is 0 Å². The molecule has 3 aromatic rings. The quantitative estimate of drug-likeness (QED) is 0.625. The summed E-state index contributed by atoms with van der Waals surface area (Å²) in [5.41, 5.74) is 3.31. The van der Waals surface area contributed by atoms with E-state index in [0.717, 1.165) is 39.3 Å². The van der Waals surface area contributed by atoms with Crippen molar-refractivity contribution in [3.05, 3.63) is 88.4 Å². The van der Waals surface area contributed by atoms with E-state index in [-0.39, 0.29) is 6.10 Å². The van der Waals surface area contributed by atoms with E-state index in [1.54, 1.807) is 0 Å². The number of rotatable bonds is 4. The van der Waals surface area contributed by atoms with Crippen molar-refractivity contribution in [1.29, 1.82) is 0 Å². The number of hydrogen-bond donors (Lipinski definition) is 1. The van der Waals surface area contributed by atoms with Gasteiger partial charge in [0.1, 0.15) is 18.5 Å². The highest BCUT2D eigenvalue weighted by molar-refractivity contribution is 9.10. The number of hydrogen-bond acceptors (Lipinski definition) is 3. The van der Waals surface area contributed by atoms with Crippen LogP contribution in [0.1, 0.15) is 17.2 Å². The molecule has 1 heterocycles. The van der Waals surface area contributed by atoms with E-state index in [2.05, 4.69) is 45.5 Å². The van der Waals surface area contributed by atoms with Crippen molar-refractivity contribution in [2.45, 2.75) is 12.7 Å². The Hall–Kier alpha value is -2.46. The first-order valence-corrected chi connectivity index (χ1v) is 9.04. The Labute approximate surface area is 155 Å². The standard InChI is InChI=1S/C21H18BrNO2/c22-18-7-4-8-19-21(18)25-20(13-23-19)16-9-11-17(12-10-16)24-14-15-5-2-1-3-6-15/h1-12,20,23H,13-14H2. The molecule has 0 aliphatic carbocycles. The predicted molar refractivity (Wildman–Crippen MR) is 103 cm³/mol. The second-order valence-electron chi connectivity index (χ2n) is 5.95. The fraction of sp³-hybridized carbons (Fsp3) is 0.143. The summed E-state index contributed by atoms with van der Waals surface area (Å²) < 4.78 is 13.0. The summed E-state index contributed by atoms with van der Waals surface area (Å²) in [5, 5.41) is 3.43. The van der Waals surface area contributed by atoms with Gasteiger partial charge < -0.3 is 14.8 Å². The summed E-state index contributed by atoms with van der Waals surface area (Å²) in [6.07, 6.45) is -0.0191. The van der Waals surface area contributed by atoms with Crippen molar-refractivity contribution in [3.8, 4) is 11.5 Å². The van der Waals surface area contributed by atoms with E-state index in [9.17, 15) is 0 Å². The molecule has 4 heteroatoms. The fourth-order valence-electron chi connectivity index (χ4n) is 2.86. The minimum atomic E-state index is -0.0191. The van der Waals surface area contributed by atoms with E-state index in [4.69, 9.17) is 9.47 Å². The van der Waals surface area contributed by atoms with Crippen LogP contribution in [-0.2, 0) is 6.61 Å². The average Bonchev–Trinajstić information content (AvgIpc) is 2.68. The maximum absolute atomic E-state index is 6.17. The molecule has 1 atom stereocenters. The Balaban J connectivity index is 1.43. The number of fused-ring (bicyclic) bond motifs is 1. The maximum Gasteiger partial charge on any atom is 0.157 e. The van der Waals surface area contributed by atoms with Crippen molar-refractivity contribution in [3.63, 3.8) is 0 Å². The van der Waals surface area contributed by atoms with Crippen LogP contribution in [0, 0.1) is 0 Å². The topological polar surface area (TPSA) is 30.5 Å². The van der Waals surface area contributed by atoms with E-state index in [1.165, 1.54) is 0 Å². The zero-order valence-electron chi connectivity index (χ0n) is 13.6. The number of nitrogens with one attached hydrogen (secondary N) is 1. The molecule has 0 aromatic heterocycles. The van der Waals surface area contributed by atoms with Crippen molar-refractivity contribution >= 4 is 21.6 Å². The molecule has 0 saturated heterocycles. The van der Waals surface area contributed by atoms with Crippen molar-refractivity contribution in [2.75, 3.05) is 11.9 Å². The molecule has 0 radical (unpaired) electrons. The molecule has 25 heavy (non-hydrogen) atoms. The molecule has 3 aromatic carbocycles. The normalized spacial score (nSPS) is 15.6. The molecule has 0 bridgehead atoms. The third-order valence-corrected chi connectivity index (χ3v) is 4.83. The molecule has 126 valence electrons. The summed E-state index contributed by atoms with van der Waals surface area (Å²) in [6.45, 7) is 1.32. The summed E-state index contributed by atoms with van der Waals surface area (Å²) in [6, 6.07) is 24.3. The molecule has 1 unspecified atom stereocenters. The van der Waals surface area contributed by atoms with Crippen LogP contribution < -0.4 is 14.8 Å². The van der Waals surface area contributed by atoms with E-state index >= 15 is 0 Å².